The minimum atomic E-state index is 0.760. The summed E-state index contributed by atoms with van der Waals surface area (Å²) in [4.78, 5) is 5.21. The Morgan fingerprint density at radius 1 is 0.596 bits per heavy atom. The highest BCUT2D eigenvalue weighted by Gasteiger charge is 2.19. The van der Waals surface area contributed by atoms with E-state index in [1.165, 1.54) is 64.7 Å². The summed E-state index contributed by atoms with van der Waals surface area (Å²) in [5, 5.41) is 2.47. The van der Waals surface area contributed by atoms with Crippen molar-refractivity contribution < 1.29 is 0 Å². The molecular weight excluding hydrogens is 647 g/mol. The van der Waals surface area contributed by atoms with Gasteiger partial charge in [0, 0.05) is 31.3 Å². The van der Waals surface area contributed by atoms with E-state index >= 15 is 0 Å². The first-order valence-electron chi connectivity index (χ1n) is 17.8. The van der Waals surface area contributed by atoms with Crippen molar-refractivity contribution in [2.45, 2.75) is 20.3 Å². The number of aryl methyl sites for hydroxylation is 1. The predicted molar refractivity (Wildman–Crippen MR) is 226 cm³/mol. The zero-order valence-electron chi connectivity index (χ0n) is 29.5. The van der Waals surface area contributed by atoms with Gasteiger partial charge in [-0.1, -0.05) is 158 Å². The highest BCUT2D eigenvalue weighted by molar-refractivity contribution is 7.25. The second-order valence-corrected chi connectivity index (χ2v) is 14.4. The fraction of sp³-hybridized carbons (Fsp3) is 0.0600. The summed E-state index contributed by atoms with van der Waals surface area (Å²) >= 11 is 1.83. The monoisotopic (exact) mass is 685 g/mol. The van der Waals surface area contributed by atoms with Gasteiger partial charge in [-0.3, -0.25) is 0 Å². The van der Waals surface area contributed by atoms with Gasteiger partial charge in [-0.15, -0.1) is 11.3 Å². The van der Waals surface area contributed by atoms with Gasteiger partial charge in [0.2, 0.25) is 0 Å². The van der Waals surface area contributed by atoms with Crippen molar-refractivity contribution in [2.24, 2.45) is 4.99 Å². The molecule has 0 aliphatic heterocycles. The second-order valence-electron chi connectivity index (χ2n) is 13.4. The van der Waals surface area contributed by atoms with Crippen molar-refractivity contribution in [3.05, 3.63) is 216 Å². The molecule has 0 unspecified atom stereocenters. The summed E-state index contributed by atoms with van der Waals surface area (Å²) in [5.74, 6) is 0. The maximum atomic E-state index is 5.21. The van der Waals surface area contributed by atoms with Crippen LogP contribution in [0.3, 0.4) is 0 Å². The third kappa shape index (κ3) is 6.82. The number of fused-ring (bicyclic) bond motifs is 6. The van der Waals surface area contributed by atoms with E-state index in [2.05, 4.69) is 166 Å². The van der Waals surface area contributed by atoms with Crippen LogP contribution in [0.15, 0.2) is 188 Å². The molecule has 250 valence electrons. The molecule has 1 aliphatic rings. The first-order chi connectivity index (χ1) is 25.5. The van der Waals surface area contributed by atoms with Crippen LogP contribution in [-0.2, 0) is 6.42 Å². The number of nitrogens with zero attached hydrogens (tertiary/aromatic N) is 1. The fourth-order valence-corrected chi connectivity index (χ4v) is 8.18. The number of hydrogen-bond acceptors (Lipinski definition) is 2. The Kier molecular flexibility index (Phi) is 9.31. The minimum Gasteiger partial charge on any atom is -0.248 e. The van der Waals surface area contributed by atoms with Gasteiger partial charge in [-0.05, 0) is 95.1 Å². The van der Waals surface area contributed by atoms with Crippen LogP contribution < -0.4 is 0 Å². The average molecular weight is 686 g/mol. The number of benzene rings is 7. The largest absolute Gasteiger partial charge is 0.248 e. The zero-order chi connectivity index (χ0) is 35.4. The molecule has 0 radical (unpaired) electrons. The van der Waals surface area contributed by atoms with Crippen LogP contribution in [0.1, 0.15) is 40.3 Å². The van der Waals surface area contributed by atoms with Crippen molar-refractivity contribution >= 4 is 48.5 Å². The number of rotatable bonds is 6. The topological polar surface area (TPSA) is 12.4 Å². The lowest BCUT2D eigenvalue weighted by Gasteiger charge is -2.10. The van der Waals surface area contributed by atoms with Crippen LogP contribution in [0.25, 0.3) is 53.7 Å². The molecule has 9 rings (SSSR count). The summed E-state index contributed by atoms with van der Waals surface area (Å²) in [6.45, 7) is 8.76. The van der Waals surface area contributed by atoms with Gasteiger partial charge in [-0.2, -0.15) is 0 Å². The highest BCUT2D eigenvalue weighted by Crippen LogP contribution is 2.42. The molecule has 0 saturated carbocycles. The van der Waals surface area contributed by atoms with Crippen molar-refractivity contribution in [3.63, 3.8) is 0 Å². The SMILES string of the molecule is C=C(N=C(/C=C(\C)c1ccccc1)c1ccccc1)c1cccc2sc3ccc(-c4ccc5c(c4)-c4ccccc4C5)cc3c12.Cc1ccccc1. The second kappa shape index (κ2) is 14.6. The summed E-state index contributed by atoms with van der Waals surface area (Å²) in [6.07, 6.45) is 3.18. The molecule has 0 atom stereocenters. The van der Waals surface area contributed by atoms with E-state index in [-0.39, 0.29) is 0 Å². The lowest BCUT2D eigenvalue weighted by atomic mass is 9.96. The van der Waals surface area contributed by atoms with Crippen LogP contribution >= 0.6 is 11.3 Å². The molecule has 1 aromatic heterocycles. The maximum Gasteiger partial charge on any atom is 0.0712 e. The van der Waals surface area contributed by atoms with Crippen molar-refractivity contribution in [1.29, 1.82) is 0 Å². The van der Waals surface area contributed by atoms with E-state index < -0.39 is 0 Å². The lowest BCUT2D eigenvalue weighted by molar-refractivity contribution is 1.26. The molecular formula is C50H39NS. The molecule has 52 heavy (non-hydrogen) atoms. The van der Waals surface area contributed by atoms with Crippen LogP contribution in [0.4, 0.5) is 0 Å². The molecule has 0 N–H and O–H groups in total. The van der Waals surface area contributed by atoms with Gasteiger partial charge in [0.15, 0.2) is 0 Å². The van der Waals surface area contributed by atoms with Crippen LogP contribution in [0, 0.1) is 6.92 Å². The Bertz CT molecular complexity index is 2610. The Balaban J connectivity index is 0.000000497. The molecule has 8 aromatic rings. The number of allylic oxidation sites excluding steroid dienone is 2. The smallest absolute Gasteiger partial charge is 0.0712 e. The predicted octanol–water partition coefficient (Wildman–Crippen LogP) is 13.9. The summed E-state index contributed by atoms with van der Waals surface area (Å²) in [6, 6.07) is 60.2. The van der Waals surface area contributed by atoms with Crippen molar-refractivity contribution in [1.82, 2.24) is 0 Å². The Morgan fingerprint density at radius 2 is 1.23 bits per heavy atom. The summed E-state index contributed by atoms with van der Waals surface area (Å²) in [7, 11) is 0. The molecule has 1 nitrogen and oxygen atoms in total. The molecule has 0 amide bonds. The molecule has 0 saturated heterocycles. The minimum absolute atomic E-state index is 0.760. The van der Waals surface area contributed by atoms with Gasteiger partial charge >= 0.3 is 0 Å². The van der Waals surface area contributed by atoms with Crippen LogP contribution in [0.5, 0.6) is 0 Å². The Hall–Kier alpha value is -6.09. The highest BCUT2D eigenvalue weighted by atomic mass is 32.1. The van der Waals surface area contributed by atoms with E-state index in [1.807, 2.05) is 41.7 Å². The first kappa shape index (κ1) is 33.1. The molecule has 0 fully saturated rings. The Labute approximate surface area is 310 Å². The van der Waals surface area contributed by atoms with Crippen LogP contribution in [0.2, 0.25) is 0 Å². The lowest BCUT2D eigenvalue weighted by Crippen LogP contribution is -1.99. The van der Waals surface area contributed by atoms with Gasteiger partial charge < -0.3 is 0 Å². The third-order valence-corrected chi connectivity index (χ3v) is 10.9. The molecule has 7 aromatic carbocycles. The quantitative estimate of drug-likeness (QED) is 0.155. The Morgan fingerprint density at radius 3 is 1.96 bits per heavy atom. The zero-order valence-corrected chi connectivity index (χ0v) is 30.3. The third-order valence-electron chi connectivity index (χ3n) is 9.79. The van der Waals surface area contributed by atoms with E-state index in [1.54, 1.807) is 0 Å². The average Bonchev–Trinajstić information content (AvgIpc) is 3.76. The van der Waals surface area contributed by atoms with E-state index in [0.29, 0.717) is 0 Å². The van der Waals surface area contributed by atoms with Crippen LogP contribution in [-0.4, -0.2) is 5.71 Å². The van der Waals surface area contributed by atoms with E-state index in [9.17, 15) is 0 Å². The number of hydrogen-bond donors (Lipinski definition) is 0. The maximum absolute atomic E-state index is 5.21. The molecule has 0 bridgehead atoms. The fourth-order valence-electron chi connectivity index (χ4n) is 7.07. The molecule has 1 aliphatic carbocycles. The first-order valence-corrected chi connectivity index (χ1v) is 18.6. The normalized spacial score (nSPS) is 12.3. The van der Waals surface area contributed by atoms with Gasteiger partial charge in [0.05, 0.1) is 11.4 Å². The molecule has 0 spiro atoms. The van der Waals surface area contributed by atoms with Crippen molar-refractivity contribution in [2.75, 3.05) is 0 Å². The molecule has 1 heterocycles. The van der Waals surface area contributed by atoms with Gasteiger partial charge in [0.25, 0.3) is 0 Å². The molecule has 2 heteroatoms. The summed E-state index contributed by atoms with van der Waals surface area (Å²) in [5.41, 5.74) is 15.5. The van der Waals surface area contributed by atoms with E-state index in [0.717, 1.165) is 34.5 Å². The summed E-state index contributed by atoms with van der Waals surface area (Å²) < 4.78 is 2.52. The van der Waals surface area contributed by atoms with E-state index in [4.69, 9.17) is 4.99 Å². The van der Waals surface area contributed by atoms with Gasteiger partial charge in [0.1, 0.15) is 0 Å². The number of thiophene rings is 1. The number of aliphatic imine (C=N–C) groups is 1. The van der Waals surface area contributed by atoms with Crippen molar-refractivity contribution in [3.8, 4) is 22.3 Å². The van der Waals surface area contributed by atoms with Gasteiger partial charge in [-0.25, -0.2) is 4.99 Å². The standard InChI is InChI=1S/C43H31NS.C7H8/c1-28(30-12-5-3-6-13-30)24-40(31-14-7-4-8-15-31)44-29(2)36-18-11-19-42-43(36)39-27-33(22-23-41(39)45-42)32-20-21-35-25-34-16-9-10-17-37(34)38(35)26-32;1-7-5-3-2-4-6-7/h3-24,26-27H,2,25H2,1H3;2-6H,1H3/b28-24+,44-40?;.